The molecule has 2 aromatic carbocycles. The number of methoxy groups -OCH3 is 1. The fourth-order valence-corrected chi connectivity index (χ4v) is 1.96. The van der Waals surface area contributed by atoms with Crippen molar-refractivity contribution >= 4 is 0 Å². The molecule has 1 N–H and O–H groups in total. The molecule has 5 heteroatoms. The van der Waals surface area contributed by atoms with E-state index in [1.807, 2.05) is 19.2 Å². The van der Waals surface area contributed by atoms with E-state index >= 15 is 0 Å². The minimum absolute atomic E-state index is 0.0642. The van der Waals surface area contributed by atoms with Crippen LogP contribution in [0, 0.1) is 11.6 Å². The van der Waals surface area contributed by atoms with Gasteiger partial charge in [0.25, 0.3) is 0 Å². The van der Waals surface area contributed by atoms with Gasteiger partial charge in [-0.25, -0.2) is 8.78 Å². The van der Waals surface area contributed by atoms with Gasteiger partial charge in [0, 0.05) is 12.1 Å². The van der Waals surface area contributed by atoms with Gasteiger partial charge in [0.05, 0.1) is 7.11 Å². The Bertz CT molecular complexity index is 617. The van der Waals surface area contributed by atoms with Crippen LogP contribution in [0.3, 0.4) is 0 Å². The molecule has 21 heavy (non-hydrogen) atoms. The van der Waals surface area contributed by atoms with Crippen molar-refractivity contribution < 1.29 is 18.3 Å². The molecular formula is C16H17F2NO2. The highest BCUT2D eigenvalue weighted by molar-refractivity contribution is 5.43. The number of ether oxygens (including phenoxy) is 2. The molecule has 0 radical (unpaired) electrons. The number of nitrogens with one attached hydrogen (secondary N) is 1. The molecule has 0 saturated carbocycles. The number of rotatable bonds is 6. The van der Waals surface area contributed by atoms with Gasteiger partial charge in [-0.15, -0.1) is 0 Å². The summed E-state index contributed by atoms with van der Waals surface area (Å²) in [6.07, 6.45) is 0. The molecule has 0 atom stereocenters. The highest BCUT2D eigenvalue weighted by atomic mass is 19.2. The maximum absolute atomic E-state index is 13.6. The Balaban J connectivity index is 2.14. The fourth-order valence-electron chi connectivity index (χ4n) is 1.96. The zero-order valence-electron chi connectivity index (χ0n) is 12.0. The second-order valence-corrected chi connectivity index (χ2v) is 4.52. The van der Waals surface area contributed by atoms with Crippen molar-refractivity contribution in [3.63, 3.8) is 0 Å². The number of hydrogen-bond donors (Lipinski definition) is 1. The molecular weight excluding hydrogens is 276 g/mol. The van der Waals surface area contributed by atoms with E-state index in [0.29, 0.717) is 18.0 Å². The second kappa shape index (κ2) is 7.04. The van der Waals surface area contributed by atoms with Crippen molar-refractivity contribution in [3.8, 4) is 11.5 Å². The van der Waals surface area contributed by atoms with E-state index in [2.05, 4.69) is 5.32 Å². The first-order valence-corrected chi connectivity index (χ1v) is 6.53. The third kappa shape index (κ3) is 3.70. The number of hydrogen-bond acceptors (Lipinski definition) is 3. The van der Waals surface area contributed by atoms with E-state index in [9.17, 15) is 8.78 Å². The Morgan fingerprint density at radius 3 is 2.62 bits per heavy atom. The molecule has 112 valence electrons. The van der Waals surface area contributed by atoms with Crippen LogP contribution in [0.1, 0.15) is 11.1 Å². The smallest absolute Gasteiger partial charge is 0.165 e. The summed E-state index contributed by atoms with van der Waals surface area (Å²) in [5.74, 6) is -0.726. The normalized spacial score (nSPS) is 10.5. The lowest BCUT2D eigenvalue weighted by Crippen LogP contribution is -2.06. The molecule has 0 aliphatic rings. The summed E-state index contributed by atoms with van der Waals surface area (Å²) in [4.78, 5) is 0. The predicted octanol–water partition coefficient (Wildman–Crippen LogP) is 3.27. The molecule has 0 saturated heterocycles. The van der Waals surface area contributed by atoms with Gasteiger partial charge in [-0.1, -0.05) is 18.2 Å². The van der Waals surface area contributed by atoms with Crippen molar-refractivity contribution in [2.45, 2.75) is 13.2 Å². The van der Waals surface area contributed by atoms with Gasteiger partial charge < -0.3 is 14.8 Å². The quantitative estimate of drug-likeness (QED) is 0.886. The van der Waals surface area contributed by atoms with Crippen LogP contribution in [-0.4, -0.2) is 14.2 Å². The van der Waals surface area contributed by atoms with E-state index in [1.165, 1.54) is 19.2 Å². The molecule has 0 unspecified atom stereocenters. The Morgan fingerprint density at radius 2 is 1.90 bits per heavy atom. The van der Waals surface area contributed by atoms with Crippen molar-refractivity contribution in [1.29, 1.82) is 0 Å². The summed E-state index contributed by atoms with van der Waals surface area (Å²) in [6, 6.07) is 9.49. The molecule has 0 bridgehead atoms. The molecule has 0 aromatic heterocycles. The lowest BCUT2D eigenvalue weighted by Gasteiger charge is -2.12. The third-order valence-corrected chi connectivity index (χ3v) is 3.02. The largest absolute Gasteiger partial charge is 0.493 e. The highest BCUT2D eigenvalue weighted by Crippen LogP contribution is 2.29. The van der Waals surface area contributed by atoms with Crippen LogP contribution in [0.4, 0.5) is 8.78 Å². The van der Waals surface area contributed by atoms with Gasteiger partial charge in [0.2, 0.25) is 0 Å². The SMILES string of the molecule is CNCc1ccc(OCc2cccc(F)c2F)c(OC)c1. The summed E-state index contributed by atoms with van der Waals surface area (Å²) in [6.45, 7) is 0.639. The van der Waals surface area contributed by atoms with Crippen molar-refractivity contribution in [3.05, 3.63) is 59.2 Å². The second-order valence-electron chi connectivity index (χ2n) is 4.52. The van der Waals surface area contributed by atoms with Crippen LogP contribution in [0.25, 0.3) is 0 Å². The molecule has 2 aromatic rings. The highest BCUT2D eigenvalue weighted by Gasteiger charge is 2.10. The molecule has 3 nitrogen and oxygen atoms in total. The van der Waals surface area contributed by atoms with Crippen molar-refractivity contribution in [2.75, 3.05) is 14.2 Å². The molecule has 0 heterocycles. The summed E-state index contributed by atoms with van der Waals surface area (Å²) in [5.41, 5.74) is 1.20. The average molecular weight is 293 g/mol. The molecule has 0 amide bonds. The van der Waals surface area contributed by atoms with Gasteiger partial charge >= 0.3 is 0 Å². The molecule has 2 rings (SSSR count). The topological polar surface area (TPSA) is 30.5 Å². The minimum Gasteiger partial charge on any atom is -0.493 e. The summed E-state index contributed by atoms with van der Waals surface area (Å²) in [5, 5.41) is 3.04. The summed E-state index contributed by atoms with van der Waals surface area (Å²) in [7, 11) is 3.39. The predicted molar refractivity (Wildman–Crippen MR) is 76.4 cm³/mol. The van der Waals surface area contributed by atoms with Gasteiger partial charge in [-0.3, -0.25) is 0 Å². The van der Waals surface area contributed by atoms with Crippen molar-refractivity contribution in [2.24, 2.45) is 0 Å². The van der Waals surface area contributed by atoms with Gasteiger partial charge in [0.1, 0.15) is 6.61 Å². The summed E-state index contributed by atoms with van der Waals surface area (Å²) >= 11 is 0. The van der Waals surface area contributed by atoms with E-state index in [1.54, 1.807) is 6.07 Å². The first-order chi connectivity index (χ1) is 10.2. The average Bonchev–Trinajstić information content (AvgIpc) is 2.50. The third-order valence-electron chi connectivity index (χ3n) is 3.02. The Hall–Kier alpha value is -2.14. The Kier molecular flexibility index (Phi) is 5.11. The Morgan fingerprint density at radius 1 is 1.10 bits per heavy atom. The van der Waals surface area contributed by atoms with Crippen LogP contribution in [0.2, 0.25) is 0 Å². The fraction of sp³-hybridized carbons (Fsp3) is 0.250. The van der Waals surface area contributed by atoms with Crippen molar-refractivity contribution in [1.82, 2.24) is 5.32 Å². The monoisotopic (exact) mass is 293 g/mol. The molecule has 0 aliphatic heterocycles. The van der Waals surface area contributed by atoms with E-state index in [0.717, 1.165) is 11.6 Å². The maximum Gasteiger partial charge on any atom is 0.165 e. The lowest BCUT2D eigenvalue weighted by atomic mass is 10.2. The van der Waals surface area contributed by atoms with Crippen LogP contribution >= 0.6 is 0 Å². The van der Waals surface area contributed by atoms with E-state index in [-0.39, 0.29) is 12.2 Å². The van der Waals surface area contributed by atoms with Crippen LogP contribution in [-0.2, 0) is 13.2 Å². The minimum atomic E-state index is -0.886. The molecule has 0 fully saturated rings. The van der Waals surface area contributed by atoms with Crippen LogP contribution in [0.5, 0.6) is 11.5 Å². The van der Waals surface area contributed by atoms with Gasteiger partial charge in [0.15, 0.2) is 23.1 Å². The van der Waals surface area contributed by atoms with Gasteiger partial charge in [-0.05, 0) is 30.8 Å². The van der Waals surface area contributed by atoms with Crippen LogP contribution < -0.4 is 14.8 Å². The first kappa shape index (κ1) is 15.3. The standard InChI is InChI=1S/C16H17F2NO2/c1-19-9-11-6-7-14(15(8-11)20-2)21-10-12-4-3-5-13(17)16(12)18/h3-8,19H,9-10H2,1-2H3. The van der Waals surface area contributed by atoms with E-state index < -0.39 is 11.6 Å². The van der Waals surface area contributed by atoms with Gasteiger partial charge in [-0.2, -0.15) is 0 Å². The zero-order valence-corrected chi connectivity index (χ0v) is 12.0. The molecule has 0 aliphatic carbocycles. The first-order valence-electron chi connectivity index (χ1n) is 6.53. The Labute approximate surface area is 122 Å². The lowest BCUT2D eigenvalue weighted by molar-refractivity contribution is 0.277. The van der Waals surface area contributed by atoms with Crippen LogP contribution in [0.15, 0.2) is 36.4 Å². The maximum atomic E-state index is 13.6. The zero-order chi connectivity index (χ0) is 15.2. The molecule has 0 spiro atoms. The summed E-state index contributed by atoms with van der Waals surface area (Å²) < 4.78 is 37.5. The van der Waals surface area contributed by atoms with E-state index in [4.69, 9.17) is 9.47 Å². The number of benzene rings is 2. The number of halogens is 2.